The van der Waals surface area contributed by atoms with Gasteiger partial charge in [-0.1, -0.05) is 30.3 Å². The van der Waals surface area contributed by atoms with Gasteiger partial charge in [-0.15, -0.1) is 0 Å². The maximum atomic E-state index is 13.5. The Morgan fingerprint density at radius 2 is 1.44 bits per heavy atom. The number of hydrogen-bond acceptors (Lipinski definition) is 4. The second-order valence-corrected chi connectivity index (χ2v) is 5.25. The minimum absolute atomic E-state index is 0.119. The van der Waals surface area contributed by atoms with Crippen molar-refractivity contribution in [1.29, 1.82) is 0 Å². The van der Waals surface area contributed by atoms with Gasteiger partial charge in [-0.2, -0.15) is 8.78 Å². The lowest BCUT2D eigenvalue weighted by atomic mass is 10.2. The van der Waals surface area contributed by atoms with E-state index in [1.54, 1.807) is 30.3 Å². The van der Waals surface area contributed by atoms with Crippen LogP contribution in [0.2, 0.25) is 0 Å². The van der Waals surface area contributed by atoms with E-state index in [0.29, 0.717) is 5.56 Å². The average molecular weight is 389 g/mol. The lowest BCUT2D eigenvalue weighted by molar-refractivity contribution is -0.136. The summed E-state index contributed by atoms with van der Waals surface area (Å²) in [7, 11) is 0. The second-order valence-electron chi connectivity index (χ2n) is 5.25. The van der Waals surface area contributed by atoms with Crippen LogP contribution in [0.5, 0.6) is 5.75 Å². The van der Waals surface area contributed by atoms with Crippen LogP contribution in [-0.4, -0.2) is 18.1 Å². The first kappa shape index (κ1) is 20.1. The number of alkyl carbamates (subject to hydrolysis) is 1. The molecule has 0 aliphatic carbocycles. The molecule has 0 aliphatic rings. The molecule has 10 heteroatoms. The molecule has 0 saturated heterocycles. The summed E-state index contributed by atoms with van der Waals surface area (Å²) in [5.74, 6) is -14.8. The van der Waals surface area contributed by atoms with Crippen molar-refractivity contribution in [3.8, 4) is 5.75 Å². The standard InChI is InChI=1S/C17H12F5NO4/c1-8(23-17(25)26-7-9-5-3-2-4-6-9)16(24)27-15-13(21)11(19)10(18)12(20)14(15)22/h2-6,8H,7H2,1H3,(H,23,25)/t8-/m0/s1. The third-order valence-electron chi connectivity index (χ3n) is 3.27. The zero-order chi connectivity index (χ0) is 20.1. The highest BCUT2D eigenvalue weighted by atomic mass is 19.2. The molecule has 1 atom stereocenters. The molecule has 0 saturated carbocycles. The van der Waals surface area contributed by atoms with Crippen molar-refractivity contribution in [2.75, 3.05) is 0 Å². The molecule has 0 bridgehead atoms. The molecule has 0 aromatic heterocycles. The van der Waals surface area contributed by atoms with Crippen molar-refractivity contribution in [2.45, 2.75) is 19.6 Å². The van der Waals surface area contributed by atoms with Crippen molar-refractivity contribution in [3.05, 3.63) is 65.0 Å². The van der Waals surface area contributed by atoms with Crippen LogP contribution in [0.1, 0.15) is 12.5 Å². The van der Waals surface area contributed by atoms with Crippen molar-refractivity contribution in [1.82, 2.24) is 5.32 Å². The van der Waals surface area contributed by atoms with Gasteiger partial charge < -0.3 is 14.8 Å². The zero-order valence-electron chi connectivity index (χ0n) is 13.7. The van der Waals surface area contributed by atoms with E-state index in [2.05, 4.69) is 4.74 Å². The molecule has 144 valence electrons. The molecular weight excluding hydrogens is 377 g/mol. The summed E-state index contributed by atoms with van der Waals surface area (Å²) in [6, 6.07) is 7.02. The zero-order valence-corrected chi connectivity index (χ0v) is 13.7. The van der Waals surface area contributed by atoms with Crippen LogP contribution in [-0.2, 0) is 16.1 Å². The van der Waals surface area contributed by atoms with Crippen molar-refractivity contribution in [2.24, 2.45) is 0 Å². The molecule has 27 heavy (non-hydrogen) atoms. The molecule has 2 rings (SSSR count). The fraction of sp³-hybridized carbons (Fsp3) is 0.176. The second kappa shape index (κ2) is 8.47. The first-order chi connectivity index (χ1) is 12.7. The highest BCUT2D eigenvalue weighted by molar-refractivity contribution is 5.82. The number of halogens is 5. The summed E-state index contributed by atoms with van der Waals surface area (Å²) in [5.41, 5.74) is 0.657. The predicted octanol–water partition coefficient (Wildman–Crippen LogP) is 3.60. The lowest BCUT2D eigenvalue weighted by Gasteiger charge is -2.14. The molecular formula is C17H12F5NO4. The summed E-state index contributed by atoms with van der Waals surface area (Å²) in [4.78, 5) is 23.4. The predicted molar refractivity (Wildman–Crippen MR) is 81.1 cm³/mol. The van der Waals surface area contributed by atoms with Crippen LogP contribution in [0.25, 0.3) is 0 Å². The Bertz CT molecular complexity index is 831. The van der Waals surface area contributed by atoms with Gasteiger partial charge in [-0.3, -0.25) is 0 Å². The van der Waals surface area contributed by atoms with Gasteiger partial charge in [0.05, 0.1) is 0 Å². The van der Waals surface area contributed by atoms with E-state index in [9.17, 15) is 31.5 Å². The van der Waals surface area contributed by atoms with Crippen LogP contribution in [0.4, 0.5) is 26.7 Å². The largest absolute Gasteiger partial charge is 0.445 e. The fourth-order valence-corrected chi connectivity index (χ4v) is 1.86. The molecule has 0 unspecified atom stereocenters. The normalized spacial score (nSPS) is 11.6. The quantitative estimate of drug-likeness (QED) is 0.279. The van der Waals surface area contributed by atoms with Crippen molar-refractivity contribution in [3.63, 3.8) is 0 Å². The van der Waals surface area contributed by atoms with Gasteiger partial charge in [0.25, 0.3) is 0 Å². The first-order valence-electron chi connectivity index (χ1n) is 7.42. The number of carbonyl (C=O) groups is 2. The van der Waals surface area contributed by atoms with E-state index in [1.165, 1.54) is 0 Å². The Labute approximate surface area is 149 Å². The summed E-state index contributed by atoms with van der Waals surface area (Å²) in [6.07, 6.45) is -1.05. The number of nitrogens with one attached hydrogen (secondary N) is 1. The maximum absolute atomic E-state index is 13.5. The SMILES string of the molecule is C[C@H](NC(=O)OCc1ccccc1)C(=O)Oc1c(F)c(F)c(F)c(F)c1F. The first-order valence-corrected chi connectivity index (χ1v) is 7.42. The van der Waals surface area contributed by atoms with Gasteiger partial charge in [0, 0.05) is 0 Å². The van der Waals surface area contributed by atoms with Crippen LogP contribution < -0.4 is 10.1 Å². The third-order valence-corrected chi connectivity index (χ3v) is 3.27. The Hall–Kier alpha value is -3.17. The van der Waals surface area contributed by atoms with Gasteiger partial charge in [-0.05, 0) is 12.5 Å². The molecule has 0 fully saturated rings. The number of hydrogen-bond donors (Lipinski definition) is 1. The van der Waals surface area contributed by atoms with Gasteiger partial charge in [0.2, 0.25) is 34.8 Å². The van der Waals surface area contributed by atoms with Gasteiger partial charge in [0.15, 0.2) is 0 Å². The Morgan fingerprint density at radius 1 is 0.926 bits per heavy atom. The maximum Gasteiger partial charge on any atom is 0.408 e. The number of rotatable bonds is 5. The molecule has 2 aromatic rings. The number of benzene rings is 2. The topological polar surface area (TPSA) is 64.6 Å². The molecule has 0 radical (unpaired) electrons. The fourth-order valence-electron chi connectivity index (χ4n) is 1.86. The van der Waals surface area contributed by atoms with E-state index in [1.807, 2.05) is 5.32 Å². The summed E-state index contributed by atoms with van der Waals surface area (Å²) >= 11 is 0. The smallest absolute Gasteiger partial charge is 0.408 e. The number of amides is 1. The van der Waals surface area contributed by atoms with Crippen molar-refractivity contribution >= 4 is 12.1 Å². The van der Waals surface area contributed by atoms with Crippen LogP contribution in [0, 0.1) is 29.1 Å². The van der Waals surface area contributed by atoms with Gasteiger partial charge in [-0.25, -0.2) is 22.8 Å². The van der Waals surface area contributed by atoms with Gasteiger partial charge in [0.1, 0.15) is 12.6 Å². The van der Waals surface area contributed by atoms with E-state index in [-0.39, 0.29) is 6.61 Å². The molecule has 5 nitrogen and oxygen atoms in total. The van der Waals surface area contributed by atoms with Gasteiger partial charge >= 0.3 is 12.1 Å². The minimum atomic E-state index is -2.39. The third kappa shape index (κ3) is 4.72. The molecule has 1 N–H and O–H groups in total. The molecule has 0 heterocycles. The molecule has 0 aliphatic heterocycles. The average Bonchev–Trinajstić information content (AvgIpc) is 2.67. The molecule has 2 aromatic carbocycles. The molecule has 0 spiro atoms. The Balaban J connectivity index is 1.99. The summed E-state index contributed by atoms with van der Waals surface area (Å²) in [5, 5.41) is 2.01. The van der Waals surface area contributed by atoms with Crippen LogP contribution >= 0.6 is 0 Å². The van der Waals surface area contributed by atoms with Crippen LogP contribution in [0.15, 0.2) is 30.3 Å². The number of ether oxygens (including phenoxy) is 2. The molecule has 1 amide bonds. The monoisotopic (exact) mass is 389 g/mol. The van der Waals surface area contributed by atoms with Crippen LogP contribution in [0.3, 0.4) is 0 Å². The Morgan fingerprint density at radius 3 is 2.00 bits per heavy atom. The highest BCUT2D eigenvalue weighted by Gasteiger charge is 2.30. The van der Waals surface area contributed by atoms with Crippen molar-refractivity contribution < 1.29 is 41.0 Å². The summed E-state index contributed by atoms with van der Waals surface area (Å²) < 4.78 is 75.1. The number of esters is 1. The Kier molecular flexibility index (Phi) is 6.32. The van der Waals surface area contributed by atoms with E-state index >= 15 is 0 Å². The van der Waals surface area contributed by atoms with E-state index in [0.717, 1.165) is 6.92 Å². The summed E-state index contributed by atoms with van der Waals surface area (Å²) in [6.45, 7) is 0.949. The highest BCUT2D eigenvalue weighted by Crippen LogP contribution is 2.29. The van der Waals surface area contributed by atoms with E-state index in [4.69, 9.17) is 4.74 Å². The minimum Gasteiger partial charge on any atom is -0.445 e. The lowest BCUT2D eigenvalue weighted by Crippen LogP contribution is -2.41. The number of carbonyl (C=O) groups excluding carboxylic acids is 2. The van der Waals surface area contributed by atoms with E-state index < -0.39 is 52.9 Å².